The molecule has 1 aliphatic heterocycles. The summed E-state index contributed by atoms with van der Waals surface area (Å²) in [6, 6.07) is 11.6. The van der Waals surface area contributed by atoms with E-state index in [-0.39, 0.29) is 25.3 Å². The van der Waals surface area contributed by atoms with Crippen molar-refractivity contribution >= 4 is 34.6 Å². The molecule has 8 nitrogen and oxygen atoms in total. The van der Waals surface area contributed by atoms with Crippen LogP contribution in [0.4, 0.5) is 5.69 Å². The first-order valence-corrected chi connectivity index (χ1v) is 11.0. The van der Waals surface area contributed by atoms with Crippen molar-refractivity contribution in [2.75, 3.05) is 25.6 Å². The number of benzene rings is 1. The molecule has 0 fully saturated rings. The number of ether oxygens (including phenoxy) is 1. The fourth-order valence-electron chi connectivity index (χ4n) is 3.68. The maximum absolute atomic E-state index is 13.6. The molecular formula is C23H22N4O4S. The van der Waals surface area contributed by atoms with Crippen LogP contribution in [0.5, 0.6) is 0 Å². The lowest BCUT2D eigenvalue weighted by Crippen LogP contribution is -2.58. The molecule has 0 radical (unpaired) electrons. The van der Waals surface area contributed by atoms with Crippen molar-refractivity contribution in [1.82, 2.24) is 15.3 Å². The van der Waals surface area contributed by atoms with Crippen molar-refractivity contribution in [2.45, 2.75) is 12.8 Å². The van der Waals surface area contributed by atoms with Gasteiger partial charge in [0.25, 0.3) is 0 Å². The molecule has 2 aromatic heterocycles. The number of fused-ring (bicyclic) bond motifs is 1. The van der Waals surface area contributed by atoms with Crippen LogP contribution in [0.1, 0.15) is 26.6 Å². The van der Waals surface area contributed by atoms with Crippen LogP contribution in [0.2, 0.25) is 0 Å². The van der Waals surface area contributed by atoms with E-state index in [0.717, 1.165) is 11.1 Å². The number of anilines is 1. The highest BCUT2D eigenvalue weighted by Crippen LogP contribution is 2.37. The molecule has 2 N–H and O–H groups in total. The zero-order valence-electron chi connectivity index (χ0n) is 17.5. The molecule has 1 aliphatic rings. The fourth-order valence-corrected chi connectivity index (χ4v) is 4.38. The fraction of sp³-hybridized carbons (Fsp3) is 0.261. The Morgan fingerprint density at radius 2 is 2.00 bits per heavy atom. The van der Waals surface area contributed by atoms with Crippen molar-refractivity contribution in [3.05, 3.63) is 76.0 Å². The molecule has 0 bridgehead atoms. The van der Waals surface area contributed by atoms with Gasteiger partial charge in [0.1, 0.15) is 5.69 Å². The molecular weight excluding hydrogens is 428 g/mol. The van der Waals surface area contributed by atoms with Crippen LogP contribution in [0.15, 0.2) is 54.2 Å². The monoisotopic (exact) mass is 450 g/mol. The van der Waals surface area contributed by atoms with E-state index in [0.29, 0.717) is 17.1 Å². The maximum Gasteiger partial charge on any atom is 0.248 e. The molecule has 1 atom stereocenters. The van der Waals surface area contributed by atoms with Gasteiger partial charge in [-0.1, -0.05) is 30.3 Å². The normalized spacial score (nSPS) is 17.5. The van der Waals surface area contributed by atoms with Crippen LogP contribution in [-0.4, -0.2) is 47.8 Å². The minimum absolute atomic E-state index is 0.0693. The number of thiazole rings is 1. The predicted molar refractivity (Wildman–Crippen MR) is 120 cm³/mol. The molecule has 0 saturated carbocycles. The third-order valence-corrected chi connectivity index (χ3v) is 6.09. The highest BCUT2D eigenvalue weighted by Gasteiger charge is 2.57. The summed E-state index contributed by atoms with van der Waals surface area (Å²) in [5.74, 6) is -2.00. The number of amides is 2. The van der Waals surface area contributed by atoms with Gasteiger partial charge in [-0.15, -0.1) is 11.3 Å². The van der Waals surface area contributed by atoms with Gasteiger partial charge < -0.3 is 15.4 Å². The van der Waals surface area contributed by atoms with E-state index in [1.807, 2.05) is 30.3 Å². The molecule has 3 heterocycles. The standard InChI is InChI=1S/C23H22N4O4S/c1-31-9-7-25-21(29)23(13-18-24-8-10-32-18)20(28)19-17(27-22(23)30)12-16(14-26-19)11-15-5-3-2-4-6-15/h2-6,8,10,12,14H,7,9,11,13H2,1H3,(H,25,29)(H,27,30). The lowest BCUT2D eigenvalue weighted by Gasteiger charge is -2.33. The number of methoxy groups -OCH3 is 1. The second-order valence-corrected chi connectivity index (χ2v) is 8.42. The first-order valence-electron chi connectivity index (χ1n) is 10.1. The molecule has 2 amide bonds. The lowest BCUT2D eigenvalue weighted by molar-refractivity contribution is -0.137. The number of carbonyl (C=O) groups is 3. The highest BCUT2D eigenvalue weighted by atomic mass is 32.1. The van der Waals surface area contributed by atoms with E-state index in [2.05, 4.69) is 20.6 Å². The number of pyridine rings is 1. The largest absolute Gasteiger partial charge is 0.383 e. The number of nitrogens with one attached hydrogen (secondary N) is 2. The second kappa shape index (κ2) is 9.37. The van der Waals surface area contributed by atoms with E-state index in [1.165, 1.54) is 18.4 Å². The molecule has 32 heavy (non-hydrogen) atoms. The van der Waals surface area contributed by atoms with Crippen LogP contribution in [0.25, 0.3) is 0 Å². The first-order chi connectivity index (χ1) is 15.5. The molecule has 164 valence electrons. The average molecular weight is 451 g/mol. The number of Topliss-reactive ketones (excluding diaryl/α,β-unsaturated/α-hetero) is 1. The molecule has 4 rings (SSSR count). The topological polar surface area (TPSA) is 110 Å². The van der Waals surface area contributed by atoms with E-state index in [1.54, 1.807) is 23.8 Å². The summed E-state index contributed by atoms with van der Waals surface area (Å²) < 4.78 is 4.97. The third-order valence-electron chi connectivity index (χ3n) is 5.31. The molecule has 9 heteroatoms. The molecule has 1 aromatic carbocycles. The number of hydrogen-bond acceptors (Lipinski definition) is 7. The molecule has 1 unspecified atom stereocenters. The van der Waals surface area contributed by atoms with E-state index in [4.69, 9.17) is 4.74 Å². The predicted octanol–water partition coefficient (Wildman–Crippen LogP) is 2.26. The van der Waals surface area contributed by atoms with Gasteiger partial charge in [-0.05, 0) is 23.6 Å². The third kappa shape index (κ3) is 4.17. The summed E-state index contributed by atoms with van der Waals surface area (Å²) >= 11 is 1.28. The van der Waals surface area contributed by atoms with Crippen LogP contribution in [0, 0.1) is 5.41 Å². The Kier molecular flexibility index (Phi) is 6.38. The number of rotatable bonds is 8. The van der Waals surface area contributed by atoms with Crippen LogP contribution >= 0.6 is 11.3 Å². The van der Waals surface area contributed by atoms with Gasteiger partial charge in [0.2, 0.25) is 17.6 Å². The van der Waals surface area contributed by atoms with Gasteiger partial charge in [0, 0.05) is 37.8 Å². The summed E-state index contributed by atoms with van der Waals surface area (Å²) in [4.78, 5) is 48.6. The average Bonchev–Trinajstić information content (AvgIpc) is 3.30. The number of hydrogen-bond donors (Lipinski definition) is 2. The van der Waals surface area contributed by atoms with Gasteiger partial charge >= 0.3 is 0 Å². The van der Waals surface area contributed by atoms with Gasteiger partial charge in [-0.2, -0.15) is 0 Å². The number of carbonyl (C=O) groups excluding carboxylic acids is 3. The van der Waals surface area contributed by atoms with E-state index < -0.39 is 23.0 Å². The summed E-state index contributed by atoms with van der Waals surface area (Å²) in [6.07, 6.45) is 3.65. The van der Waals surface area contributed by atoms with Crippen LogP contribution < -0.4 is 10.6 Å². The second-order valence-electron chi connectivity index (χ2n) is 7.44. The highest BCUT2D eigenvalue weighted by molar-refractivity contribution is 7.09. The molecule has 0 spiro atoms. The summed E-state index contributed by atoms with van der Waals surface area (Å²) in [5.41, 5.74) is 0.332. The van der Waals surface area contributed by atoms with Crippen molar-refractivity contribution < 1.29 is 19.1 Å². The smallest absolute Gasteiger partial charge is 0.248 e. The van der Waals surface area contributed by atoms with Crippen molar-refractivity contribution in [3.8, 4) is 0 Å². The van der Waals surface area contributed by atoms with Gasteiger partial charge in [-0.25, -0.2) is 4.98 Å². The zero-order chi connectivity index (χ0) is 22.6. The number of ketones is 1. The Hall–Kier alpha value is -3.43. The van der Waals surface area contributed by atoms with Crippen LogP contribution in [-0.2, 0) is 27.2 Å². The van der Waals surface area contributed by atoms with Gasteiger partial charge in [0.05, 0.1) is 17.3 Å². The SMILES string of the molecule is COCCNC(=O)C1(Cc2nccs2)C(=O)Nc2cc(Cc3ccccc3)cnc2C1=O. The number of aromatic nitrogens is 2. The minimum atomic E-state index is -1.98. The maximum atomic E-state index is 13.6. The number of nitrogens with zero attached hydrogens (tertiary/aromatic N) is 2. The Morgan fingerprint density at radius 1 is 1.19 bits per heavy atom. The Bertz CT molecular complexity index is 1130. The van der Waals surface area contributed by atoms with Crippen molar-refractivity contribution in [1.29, 1.82) is 0 Å². The Morgan fingerprint density at radius 3 is 2.72 bits per heavy atom. The Labute approximate surface area is 189 Å². The lowest BCUT2D eigenvalue weighted by atomic mass is 9.74. The Balaban J connectivity index is 1.68. The van der Waals surface area contributed by atoms with Gasteiger partial charge in [0.15, 0.2) is 5.41 Å². The summed E-state index contributed by atoms with van der Waals surface area (Å²) in [5, 5.41) is 7.65. The molecule has 3 aromatic rings. The summed E-state index contributed by atoms with van der Waals surface area (Å²) in [6.45, 7) is 0.429. The first kappa shape index (κ1) is 21.8. The van der Waals surface area contributed by atoms with Crippen molar-refractivity contribution in [3.63, 3.8) is 0 Å². The minimum Gasteiger partial charge on any atom is -0.383 e. The quantitative estimate of drug-likeness (QED) is 0.402. The van der Waals surface area contributed by atoms with Gasteiger partial charge in [-0.3, -0.25) is 19.4 Å². The zero-order valence-corrected chi connectivity index (χ0v) is 18.3. The van der Waals surface area contributed by atoms with E-state index >= 15 is 0 Å². The van der Waals surface area contributed by atoms with E-state index in [9.17, 15) is 14.4 Å². The molecule has 0 saturated heterocycles. The van der Waals surface area contributed by atoms with Crippen LogP contribution in [0.3, 0.4) is 0 Å². The molecule has 0 aliphatic carbocycles. The summed E-state index contributed by atoms with van der Waals surface area (Å²) in [7, 11) is 1.50. The van der Waals surface area contributed by atoms with Crippen molar-refractivity contribution in [2.24, 2.45) is 5.41 Å².